The molecule has 1 unspecified atom stereocenters. The Bertz CT molecular complexity index is 523. The van der Waals surface area contributed by atoms with E-state index in [2.05, 4.69) is 10.6 Å². The summed E-state index contributed by atoms with van der Waals surface area (Å²) in [5, 5.41) is 14.1. The average Bonchev–Trinajstić information content (AvgIpc) is 2.38. The van der Waals surface area contributed by atoms with Crippen LogP contribution >= 0.6 is 11.6 Å². The largest absolute Gasteiger partial charge is 0.480 e. The van der Waals surface area contributed by atoms with Crippen LogP contribution in [0.25, 0.3) is 0 Å². The van der Waals surface area contributed by atoms with Crippen LogP contribution in [0.4, 0.5) is 10.1 Å². The first-order chi connectivity index (χ1) is 9.79. The van der Waals surface area contributed by atoms with E-state index in [1.165, 1.54) is 12.1 Å². The van der Waals surface area contributed by atoms with Crippen LogP contribution in [0.1, 0.15) is 20.3 Å². The number of halogens is 2. The van der Waals surface area contributed by atoms with Crippen molar-refractivity contribution in [3.8, 4) is 0 Å². The Labute approximate surface area is 127 Å². The zero-order valence-corrected chi connectivity index (χ0v) is 12.6. The molecule has 21 heavy (non-hydrogen) atoms. The Morgan fingerprint density at radius 3 is 2.57 bits per heavy atom. The molecule has 7 heteroatoms. The van der Waals surface area contributed by atoms with E-state index in [9.17, 15) is 14.0 Å². The lowest BCUT2D eigenvalue weighted by molar-refractivity contribution is -0.139. The highest BCUT2D eigenvalue weighted by Gasteiger charge is 2.19. The summed E-state index contributed by atoms with van der Waals surface area (Å²) in [7, 11) is 0. The fraction of sp³-hybridized carbons (Fsp3) is 0.429. The van der Waals surface area contributed by atoms with Crippen molar-refractivity contribution in [3.63, 3.8) is 0 Å². The van der Waals surface area contributed by atoms with E-state index in [1.54, 1.807) is 0 Å². The maximum atomic E-state index is 13.0. The third-order valence-corrected chi connectivity index (χ3v) is 3.01. The van der Waals surface area contributed by atoms with Crippen molar-refractivity contribution in [2.24, 2.45) is 5.92 Å². The second-order valence-corrected chi connectivity index (χ2v) is 5.49. The second kappa shape index (κ2) is 7.95. The van der Waals surface area contributed by atoms with Crippen molar-refractivity contribution in [2.75, 3.05) is 11.9 Å². The van der Waals surface area contributed by atoms with Crippen LogP contribution in [0.3, 0.4) is 0 Å². The normalized spacial score (nSPS) is 12.2. The topological polar surface area (TPSA) is 78.4 Å². The Kier molecular flexibility index (Phi) is 6.58. The van der Waals surface area contributed by atoms with Crippen LogP contribution < -0.4 is 10.6 Å². The van der Waals surface area contributed by atoms with Crippen LogP contribution in [0.5, 0.6) is 0 Å². The molecule has 0 aliphatic heterocycles. The van der Waals surface area contributed by atoms with Gasteiger partial charge in [-0.25, -0.2) is 4.39 Å². The summed E-state index contributed by atoms with van der Waals surface area (Å²) in [6, 6.07) is 3.02. The number of anilines is 1. The van der Waals surface area contributed by atoms with E-state index in [-0.39, 0.29) is 17.5 Å². The molecule has 1 atom stereocenters. The summed E-state index contributed by atoms with van der Waals surface area (Å²) < 4.78 is 13.0. The van der Waals surface area contributed by atoms with Gasteiger partial charge in [-0.05, 0) is 30.5 Å². The van der Waals surface area contributed by atoms with Crippen LogP contribution in [0.15, 0.2) is 18.2 Å². The Morgan fingerprint density at radius 2 is 2.05 bits per heavy atom. The summed E-state index contributed by atoms with van der Waals surface area (Å²) in [5.41, 5.74) is 0.351. The highest BCUT2D eigenvalue weighted by Crippen LogP contribution is 2.19. The fourth-order valence-electron chi connectivity index (χ4n) is 1.74. The quantitative estimate of drug-likeness (QED) is 0.722. The van der Waals surface area contributed by atoms with E-state index in [0.717, 1.165) is 6.07 Å². The third kappa shape index (κ3) is 6.10. The second-order valence-electron chi connectivity index (χ2n) is 5.08. The maximum absolute atomic E-state index is 13.0. The van der Waals surface area contributed by atoms with E-state index in [0.29, 0.717) is 12.1 Å². The smallest absolute Gasteiger partial charge is 0.320 e. The Hall–Kier alpha value is -1.66. The molecule has 0 radical (unpaired) electrons. The van der Waals surface area contributed by atoms with Crippen LogP contribution in [0.2, 0.25) is 5.02 Å². The maximum Gasteiger partial charge on any atom is 0.320 e. The summed E-state index contributed by atoms with van der Waals surface area (Å²) >= 11 is 5.60. The number of hydrogen-bond acceptors (Lipinski definition) is 3. The number of aliphatic carboxylic acids is 1. The minimum atomic E-state index is -0.999. The average molecular weight is 317 g/mol. The summed E-state index contributed by atoms with van der Waals surface area (Å²) in [6.07, 6.45) is 0.422. The molecule has 0 fully saturated rings. The van der Waals surface area contributed by atoms with Crippen LogP contribution in [-0.4, -0.2) is 29.6 Å². The number of nitrogens with one attached hydrogen (secondary N) is 2. The first-order valence-corrected chi connectivity index (χ1v) is 6.88. The third-order valence-electron chi connectivity index (χ3n) is 2.72. The number of carbonyl (C=O) groups is 2. The number of carboxylic acids is 1. The standard InChI is InChI=1S/C14H18ClFN2O3/c1-8(2)5-12(14(20)21)17-7-13(19)18-9-3-4-11(16)10(15)6-9/h3-4,6,8,12,17H,5,7H2,1-2H3,(H,18,19)(H,20,21). The minimum absolute atomic E-state index is 0.0935. The lowest BCUT2D eigenvalue weighted by atomic mass is 10.0. The molecule has 3 N–H and O–H groups in total. The lowest BCUT2D eigenvalue weighted by Gasteiger charge is -2.16. The van der Waals surface area contributed by atoms with Crippen molar-refractivity contribution >= 4 is 29.2 Å². The monoisotopic (exact) mass is 316 g/mol. The van der Waals surface area contributed by atoms with Gasteiger partial charge in [-0.1, -0.05) is 25.4 Å². The molecular weight excluding hydrogens is 299 g/mol. The van der Waals surface area contributed by atoms with Gasteiger partial charge in [0.2, 0.25) is 5.91 Å². The fourth-order valence-corrected chi connectivity index (χ4v) is 1.92. The van der Waals surface area contributed by atoms with Gasteiger partial charge in [0.15, 0.2) is 0 Å². The molecule has 1 amide bonds. The van der Waals surface area contributed by atoms with Gasteiger partial charge in [0.25, 0.3) is 0 Å². The van der Waals surface area contributed by atoms with Crippen molar-refractivity contribution in [1.29, 1.82) is 0 Å². The summed E-state index contributed by atoms with van der Waals surface area (Å²) in [5.74, 6) is -1.80. The first kappa shape index (κ1) is 17.4. The van der Waals surface area contributed by atoms with Gasteiger partial charge in [-0.3, -0.25) is 14.9 Å². The molecule has 0 spiro atoms. The minimum Gasteiger partial charge on any atom is -0.480 e. The molecule has 116 valence electrons. The molecule has 1 aromatic rings. The first-order valence-electron chi connectivity index (χ1n) is 6.50. The molecule has 0 heterocycles. The van der Waals surface area contributed by atoms with E-state index < -0.39 is 23.7 Å². The van der Waals surface area contributed by atoms with E-state index in [1.807, 2.05) is 13.8 Å². The predicted molar refractivity (Wildman–Crippen MR) is 78.9 cm³/mol. The number of rotatable bonds is 7. The lowest BCUT2D eigenvalue weighted by Crippen LogP contribution is -2.42. The van der Waals surface area contributed by atoms with Crippen LogP contribution in [-0.2, 0) is 9.59 Å². The van der Waals surface area contributed by atoms with Crippen LogP contribution in [0, 0.1) is 11.7 Å². The molecule has 5 nitrogen and oxygen atoms in total. The summed E-state index contributed by atoms with van der Waals surface area (Å²) in [6.45, 7) is 3.65. The zero-order valence-electron chi connectivity index (χ0n) is 11.8. The van der Waals surface area contributed by atoms with Gasteiger partial charge in [0.05, 0.1) is 11.6 Å². The SMILES string of the molecule is CC(C)CC(NCC(=O)Nc1ccc(F)c(Cl)c1)C(=O)O. The number of carbonyl (C=O) groups excluding carboxylic acids is 1. The highest BCUT2D eigenvalue weighted by molar-refractivity contribution is 6.31. The molecule has 0 aliphatic rings. The van der Waals surface area contributed by atoms with Crippen molar-refractivity contribution in [1.82, 2.24) is 5.32 Å². The van der Waals surface area contributed by atoms with E-state index in [4.69, 9.17) is 16.7 Å². The van der Waals surface area contributed by atoms with Gasteiger partial charge in [0, 0.05) is 5.69 Å². The number of benzene rings is 1. The van der Waals surface area contributed by atoms with Gasteiger partial charge in [-0.15, -0.1) is 0 Å². The molecule has 0 aliphatic carbocycles. The number of hydrogen-bond donors (Lipinski definition) is 3. The van der Waals surface area contributed by atoms with Gasteiger partial charge >= 0.3 is 5.97 Å². The Balaban J connectivity index is 2.52. The molecular formula is C14H18ClFN2O3. The van der Waals surface area contributed by atoms with Gasteiger partial charge in [0.1, 0.15) is 11.9 Å². The molecule has 0 saturated carbocycles. The Morgan fingerprint density at radius 1 is 1.38 bits per heavy atom. The summed E-state index contributed by atoms with van der Waals surface area (Å²) in [4.78, 5) is 22.8. The molecule has 0 saturated heterocycles. The van der Waals surface area contributed by atoms with Crippen molar-refractivity contribution in [2.45, 2.75) is 26.3 Å². The molecule has 1 rings (SSSR count). The number of carboxylic acid groups (broad SMARTS) is 1. The number of amides is 1. The highest BCUT2D eigenvalue weighted by atomic mass is 35.5. The molecule has 0 bridgehead atoms. The molecule has 1 aromatic carbocycles. The van der Waals surface area contributed by atoms with Crippen molar-refractivity contribution in [3.05, 3.63) is 29.0 Å². The van der Waals surface area contributed by atoms with Gasteiger partial charge in [-0.2, -0.15) is 0 Å². The van der Waals surface area contributed by atoms with Gasteiger partial charge < -0.3 is 10.4 Å². The molecule has 0 aromatic heterocycles. The predicted octanol–water partition coefficient (Wildman–Crippen LogP) is 2.51. The van der Waals surface area contributed by atoms with Crippen molar-refractivity contribution < 1.29 is 19.1 Å². The van der Waals surface area contributed by atoms with E-state index >= 15 is 0 Å². The zero-order chi connectivity index (χ0) is 16.0.